The molecular weight excluding hydrogens is 468 g/mol. The molecule has 4 nitrogen and oxygen atoms in total. The number of nitrogens with zero attached hydrogens (tertiary/aromatic N) is 1. The molecule has 108 valence electrons. The first-order valence-corrected chi connectivity index (χ1v) is 8.12. The number of hydrogen-bond donors (Lipinski definition) is 2. The first-order valence-electron chi connectivity index (χ1n) is 5.74. The topological polar surface area (TPSA) is 61.7 Å². The Hall–Kier alpha value is -1.18. The third-order valence-electron chi connectivity index (χ3n) is 2.54. The van der Waals surface area contributed by atoms with E-state index in [1.54, 1.807) is 36.4 Å². The fourth-order valence-corrected chi connectivity index (χ4v) is 2.50. The largest absolute Gasteiger partial charge is 0.507 e. The van der Waals surface area contributed by atoms with E-state index in [1.807, 2.05) is 0 Å². The van der Waals surface area contributed by atoms with Crippen molar-refractivity contribution in [3.05, 3.63) is 60.9 Å². The summed E-state index contributed by atoms with van der Waals surface area (Å²) >= 11 is 9.97. The summed E-state index contributed by atoms with van der Waals surface area (Å²) in [6, 6.07) is 10.1. The van der Waals surface area contributed by atoms with Crippen molar-refractivity contribution in [2.24, 2.45) is 5.10 Å². The summed E-state index contributed by atoms with van der Waals surface area (Å²) in [7, 11) is 0. The van der Waals surface area contributed by atoms with Gasteiger partial charge in [-0.3, -0.25) is 4.79 Å². The summed E-state index contributed by atoms with van der Waals surface area (Å²) in [6.45, 7) is 0. The molecule has 0 aliphatic heterocycles. The van der Waals surface area contributed by atoms with Crippen molar-refractivity contribution < 1.29 is 9.90 Å². The van der Waals surface area contributed by atoms with Crippen molar-refractivity contribution in [1.82, 2.24) is 5.43 Å². The summed E-state index contributed by atoms with van der Waals surface area (Å²) in [4.78, 5) is 11.9. The standard InChI is InChI=1S/C14H9Br3N2O2/c15-10-2-4-13(20)9(5-10)7-18-19-14(21)8-1-3-11(16)12(17)6-8/h1-7,20H,(H,19,21)/b18-7-. The highest BCUT2D eigenvalue weighted by molar-refractivity contribution is 9.13. The lowest BCUT2D eigenvalue weighted by Crippen LogP contribution is -2.17. The van der Waals surface area contributed by atoms with Crippen LogP contribution in [-0.4, -0.2) is 17.2 Å². The highest BCUT2D eigenvalue weighted by Gasteiger charge is 2.06. The van der Waals surface area contributed by atoms with Gasteiger partial charge in [0, 0.05) is 24.5 Å². The average molecular weight is 477 g/mol. The maximum atomic E-state index is 11.9. The third-order valence-corrected chi connectivity index (χ3v) is 4.91. The third kappa shape index (κ3) is 4.39. The lowest BCUT2D eigenvalue weighted by atomic mass is 10.2. The van der Waals surface area contributed by atoms with Crippen molar-refractivity contribution in [2.45, 2.75) is 0 Å². The van der Waals surface area contributed by atoms with E-state index in [2.05, 4.69) is 58.3 Å². The number of carbonyl (C=O) groups is 1. The number of rotatable bonds is 3. The Bertz CT molecular complexity index is 717. The van der Waals surface area contributed by atoms with Gasteiger partial charge in [-0.05, 0) is 68.3 Å². The van der Waals surface area contributed by atoms with Gasteiger partial charge in [-0.1, -0.05) is 15.9 Å². The van der Waals surface area contributed by atoms with Gasteiger partial charge < -0.3 is 5.11 Å². The first kappa shape index (κ1) is 16.2. The van der Waals surface area contributed by atoms with Crippen LogP contribution in [0.2, 0.25) is 0 Å². The van der Waals surface area contributed by atoms with Crippen molar-refractivity contribution in [2.75, 3.05) is 0 Å². The fourth-order valence-electron chi connectivity index (χ4n) is 1.49. The molecule has 0 bridgehead atoms. The molecule has 2 aromatic carbocycles. The lowest BCUT2D eigenvalue weighted by Gasteiger charge is -2.02. The number of aromatic hydroxyl groups is 1. The minimum atomic E-state index is -0.339. The minimum Gasteiger partial charge on any atom is -0.507 e. The van der Waals surface area contributed by atoms with Gasteiger partial charge in [0.1, 0.15) is 5.75 Å². The Kier molecular flexibility index (Phi) is 5.55. The maximum Gasteiger partial charge on any atom is 0.271 e. The van der Waals surface area contributed by atoms with Gasteiger partial charge in [0.25, 0.3) is 5.91 Å². The summed E-state index contributed by atoms with van der Waals surface area (Å²) in [6.07, 6.45) is 1.38. The smallest absolute Gasteiger partial charge is 0.271 e. The van der Waals surface area contributed by atoms with E-state index in [0.717, 1.165) is 13.4 Å². The van der Waals surface area contributed by atoms with Gasteiger partial charge in [0.2, 0.25) is 0 Å². The molecule has 0 heterocycles. The number of halogens is 3. The molecule has 2 N–H and O–H groups in total. The van der Waals surface area contributed by atoms with Gasteiger partial charge in [-0.15, -0.1) is 0 Å². The quantitative estimate of drug-likeness (QED) is 0.508. The van der Waals surface area contributed by atoms with Crippen molar-refractivity contribution in [3.63, 3.8) is 0 Å². The molecule has 0 unspecified atom stereocenters. The molecular formula is C14H9Br3N2O2. The molecule has 0 spiro atoms. The van der Waals surface area contributed by atoms with Crippen LogP contribution in [0.3, 0.4) is 0 Å². The molecule has 1 amide bonds. The van der Waals surface area contributed by atoms with Crippen LogP contribution in [-0.2, 0) is 0 Å². The average Bonchev–Trinajstić information content (AvgIpc) is 2.45. The number of hydrogen-bond acceptors (Lipinski definition) is 3. The zero-order chi connectivity index (χ0) is 15.4. The molecule has 2 aromatic rings. The molecule has 0 saturated carbocycles. The van der Waals surface area contributed by atoms with Crippen molar-refractivity contribution in [3.8, 4) is 5.75 Å². The second kappa shape index (κ2) is 7.20. The summed E-state index contributed by atoms with van der Waals surface area (Å²) < 4.78 is 2.45. The van der Waals surface area contributed by atoms with Gasteiger partial charge in [-0.2, -0.15) is 5.10 Å². The van der Waals surface area contributed by atoms with Crippen molar-refractivity contribution in [1.29, 1.82) is 0 Å². The Morgan fingerprint density at radius 1 is 1.10 bits per heavy atom. The molecule has 0 aliphatic carbocycles. The Balaban J connectivity index is 2.08. The Morgan fingerprint density at radius 3 is 2.57 bits per heavy atom. The second-order valence-electron chi connectivity index (χ2n) is 4.03. The van der Waals surface area contributed by atoms with Gasteiger partial charge in [-0.25, -0.2) is 5.43 Å². The maximum absolute atomic E-state index is 11.9. The van der Waals surface area contributed by atoms with Crippen LogP contribution in [0, 0.1) is 0 Å². The van der Waals surface area contributed by atoms with E-state index >= 15 is 0 Å². The van der Waals surface area contributed by atoms with Crippen molar-refractivity contribution >= 4 is 59.9 Å². The number of phenolic OH excluding ortho intramolecular Hbond substituents is 1. The molecule has 21 heavy (non-hydrogen) atoms. The van der Waals surface area contributed by atoms with E-state index in [9.17, 15) is 9.90 Å². The van der Waals surface area contributed by atoms with Gasteiger partial charge in [0.05, 0.1) is 6.21 Å². The highest BCUT2D eigenvalue weighted by Crippen LogP contribution is 2.23. The van der Waals surface area contributed by atoms with Crippen LogP contribution in [0.1, 0.15) is 15.9 Å². The lowest BCUT2D eigenvalue weighted by molar-refractivity contribution is 0.0955. The molecule has 2 rings (SSSR count). The number of phenols is 1. The Labute approximate surface area is 146 Å². The summed E-state index contributed by atoms with van der Waals surface area (Å²) in [5.41, 5.74) is 3.38. The summed E-state index contributed by atoms with van der Waals surface area (Å²) in [5.74, 6) is -0.253. The zero-order valence-electron chi connectivity index (χ0n) is 10.5. The monoisotopic (exact) mass is 474 g/mol. The SMILES string of the molecule is O=C(N/N=C\c1cc(Br)ccc1O)c1ccc(Br)c(Br)c1. The van der Waals surface area contributed by atoms with Crippen LogP contribution >= 0.6 is 47.8 Å². The molecule has 0 atom stereocenters. The molecule has 0 aliphatic rings. The first-order chi connectivity index (χ1) is 9.97. The molecule has 0 saturated heterocycles. The van der Waals surface area contributed by atoms with Gasteiger partial charge >= 0.3 is 0 Å². The number of hydrazone groups is 1. The molecule has 0 radical (unpaired) electrons. The number of amides is 1. The van der Waals surface area contributed by atoms with E-state index in [1.165, 1.54) is 6.21 Å². The van der Waals surface area contributed by atoms with E-state index in [0.29, 0.717) is 11.1 Å². The van der Waals surface area contributed by atoms with E-state index in [4.69, 9.17) is 0 Å². The van der Waals surface area contributed by atoms with Crippen LogP contribution < -0.4 is 5.43 Å². The molecule has 0 fully saturated rings. The number of carbonyl (C=O) groups excluding carboxylic acids is 1. The molecule has 7 heteroatoms. The minimum absolute atomic E-state index is 0.0857. The predicted molar refractivity (Wildman–Crippen MR) is 92.7 cm³/mol. The fraction of sp³-hybridized carbons (Fsp3) is 0. The molecule has 0 aromatic heterocycles. The highest BCUT2D eigenvalue weighted by atomic mass is 79.9. The van der Waals surface area contributed by atoms with Crippen LogP contribution in [0.4, 0.5) is 0 Å². The zero-order valence-corrected chi connectivity index (χ0v) is 15.2. The predicted octanol–water partition coefficient (Wildman–Crippen LogP) is 4.44. The van der Waals surface area contributed by atoms with Crippen LogP contribution in [0.15, 0.2) is 54.9 Å². The van der Waals surface area contributed by atoms with Crippen LogP contribution in [0.25, 0.3) is 0 Å². The Morgan fingerprint density at radius 2 is 1.86 bits per heavy atom. The number of benzene rings is 2. The van der Waals surface area contributed by atoms with Crippen LogP contribution in [0.5, 0.6) is 5.75 Å². The number of nitrogens with one attached hydrogen (secondary N) is 1. The van der Waals surface area contributed by atoms with Gasteiger partial charge in [0.15, 0.2) is 0 Å². The normalized spacial score (nSPS) is 10.8. The van der Waals surface area contributed by atoms with E-state index < -0.39 is 0 Å². The van der Waals surface area contributed by atoms with E-state index in [-0.39, 0.29) is 11.7 Å². The summed E-state index contributed by atoms with van der Waals surface area (Å²) in [5, 5.41) is 13.5. The second-order valence-corrected chi connectivity index (χ2v) is 6.66.